The second kappa shape index (κ2) is 15.7. The lowest BCUT2D eigenvalue weighted by Gasteiger charge is -2.05. The van der Waals surface area contributed by atoms with Crippen molar-refractivity contribution in [1.29, 1.82) is 0 Å². The number of unbranched alkanes of at least 4 members (excludes halogenated alkanes) is 11. The second-order valence-corrected chi connectivity index (χ2v) is 8.34. The van der Waals surface area contributed by atoms with Crippen molar-refractivity contribution in [3.8, 4) is 0 Å². The summed E-state index contributed by atoms with van der Waals surface area (Å²) in [5.74, 6) is -0.792. The van der Waals surface area contributed by atoms with Crippen molar-refractivity contribution in [2.45, 2.75) is 84.0 Å². The number of carbonyl (C=O) groups excluding carboxylic acids is 1. The Bertz CT molecular complexity index is 550. The minimum absolute atomic E-state index is 0.252. The number of rotatable bonds is 16. The van der Waals surface area contributed by atoms with Gasteiger partial charge in [0.25, 0.3) is 5.70 Å². The molecule has 6 nitrogen and oxygen atoms in total. The van der Waals surface area contributed by atoms with Crippen molar-refractivity contribution >= 4 is 16.0 Å². The molecule has 150 valence electrons. The predicted molar refractivity (Wildman–Crippen MR) is 105 cm³/mol. The predicted octanol–water partition coefficient (Wildman–Crippen LogP) is 4.54. The first-order valence-electron chi connectivity index (χ1n) is 9.62. The third-order valence-electron chi connectivity index (χ3n) is 3.97. The van der Waals surface area contributed by atoms with Gasteiger partial charge in [-0.2, -0.15) is 0 Å². The SMILES string of the molecule is [C-]#[N+]/C(=C\NS(C)(=O)=O)C(=O)OCCCCCCCCCCCCCC. The van der Waals surface area contributed by atoms with Crippen LogP contribution in [0.4, 0.5) is 0 Å². The van der Waals surface area contributed by atoms with E-state index in [0.717, 1.165) is 31.7 Å². The number of sulfonamides is 1. The van der Waals surface area contributed by atoms with E-state index in [1.807, 2.05) is 4.72 Å². The molecule has 0 saturated carbocycles. The van der Waals surface area contributed by atoms with E-state index < -0.39 is 16.0 Å². The minimum atomic E-state index is -3.49. The van der Waals surface area contributed by atoms with Gasteiger partial charge in [-0.1, -0.05) is 77.6 Å². The van der Waals surface area contributed by atoms with Crippen LogP contribution in [0.3, 0.4) is 0 Å². The largest absolute Gasteiger partial charge is 0.471 e. The Morgan fingerprint density at radius 3 is 1.85 bits per heavy atom. The molecule has 0 fully saturated rings. The van der Waals surface area contributed by atoms with Gasteiger partial charge in [-0.25, -0.2) is 13.3 Å². The maximum Gasteiger partial charge on any atom is 0.337 e. The summed E-state index contributed by atoms with van der Waals surface area (Å²) in [6.45, 7) is 9.38. The van der Waals surface area contributed by atoms with Crippen molar-refractivity contribution in [2.75, 3.05) is 12.9 Å². The number of carbonyl (C=O) groups is 1. The summed E-state index contributed by atoms with van der Waals surface area (Å²) < 4.78 is 28.9. The second-order valence-electron chi connectivity index (χ2n) is 6.56. The summed E-state index contributed by atoms with van der Waals surface area (Å²) in [6.07, 6.45) is 16.5. The van der Waals surface area contributed by atoms with Crippen LogP contribution in [0.25, 0.3) is 4.85 Å². The molecule has 1 N–H and O–H groups in total. The topological polar surface area (TPSA) is 76.8 Å². The molecule has 0 bridgehead atoms. The van der Waals surface area contributed by atoms with Crippen molar-refractivity contribution < 1.29 is 17.9 Å². The normalized spacial score (nSPS) is 11.8. The lowest BCUT2D eigenvalue weighted by Crippen LogP contribution is -2.18. The Labute approximate surface area is 159 Å². The number of nitrogens with zero attached hydrogens (tertiary/aromatic N) is 1. The Morgan fingerprint density at radius 2 is 1.42 bits per heavy atom. The molecule has 0 aromatic heterocycles. The molecule has 0 heterocycles. The first-order valence-corrected chi connectivity index (χ1v) is 11.5. The first kappa shape index (κ1) is 24.5. The van der Waals surface area contributed by atoms with Crippen molar-refractivity contribution in [2.24, 2.45) is 0 Å². The van der Waals surface area contributed by atoms with Crippen molar-refractivity contribution in [1.82, 2.24) is 4.72 Å². The van der Waals surface area contributed by atoms with Crippen molar-refractivity contribution in [3.63, 3.8) is 0 Å². The summed E-state index contributed by atoms with van der Waals surface area (Å²) in [5, 5.41) is 0. The first-order chi connectivity index (χ1) is 12.4. The van der Waals surface area contributed by atoms with Gasteiger partial charge >= 0.3 is 5.97 Å². The highest BCUT2D eigenvalue weighted by molar-refractivity contribution is 7.88. The van der Waals surface area contributed by atoms with E-state index in [0.29, 0.717) is 0 Å². The van der Waals surface area contributed by atoms with Crippen LogP contribution in [0.15, 0.2) is 11.9 Å². The number of nitrogens with one attached hydrogen (secondary N) is 1. The van der Waals surface area contributed by atoms with Gasteiger partial charge < -0.3 is 9.46 Å². The van der Waals surface area contributed by atoms with Crippen LogP contribution < -0.4 is 4.72 Å². The monoisotopic (exact) mass is 386 g/mol. The standard InChI is InChI=1S/C19H34N2O4S/c1-4-5-6-7-8-9-10-11-12-13-14-15-16-25-19(22)18(20-2)17-21-26(3,23)24/h17,21H,4-16H2,1,3H3/b18-17-. The van der Waals surface area contributed by atoms with Gasteiger partial charge in [-0.3, -0.25) is 4.79 Å². The summed E-state index contributed by atoms with van der Waals surface area (Å²) in [5.41, 5.74) is -0.366. The molecular formula is C19H34N2O4S. The highest BCUT2D eigenvalue weighted by Gasteiger charge is 2.12. The molecule has 0 aromatic rings. The van der Waals surface area contributed by atoms with Crippen LogP contribution in [0.5, 0.6) is 0 Å². The van der Waals surface area contributed by atoms with E-state index in [1.165, 1.54) is 57.8 Å². The zero-order valence-electron chi connectivity index (χ0n) is 16.3. The lowest BCUT2D eigenvalue weighted by molar-refractivity contribution is -0.138. The van der Waals surface area contributed by atoms with Crippen LogP contribution >= 0.6 is 0 Å². The molecule has 0 rings (SSSR count). The molecule has 0 aromatic carbocycles. The van der Waals surface area contributed by atoms with Crippen LogP contribution in [0.2, 0.25) is 0 Å². The average molecular weight is 387 g/mol. The van der Waals surface area contributed by atoms with Gasteiger partial charge in [0.2, 0.25) is 10.0 Å². The molecule has 0 aliphatic heterocycles. The van der Waals surface area contributed by atoms with Crippen LogP contribution in [0.1, 0.15) is 84.0 Å². The van der Waals surface area contributed by atoms with E-state index >= 15 is 0 Å². The molecule has 0 aliphatic rings. The van der Waals surface area contributed by atoms with Gasteiger partial charge in [0.05, 0.1) is 19.4 Å². The fourth-order valence-corrected chi connectivity index (χ4v) is 2.81. The summed E-state index contributed by atoms with van der Waals surface area (Å²) >= 11 is 0. The number of hydrogen-bond acceptors (Lipinski definition) is 4. The van der Waals surface area contributed by atoms with Gasteiger partial charge in [-0.15, -0.1) is 0 Å². The summed E-state index contributed by atoms with van der Waals surface area (Å²) in [7, 11) is -3.49. The number of hydrogen-bond donors (Lipinski definition) is 1. The number of esters is 1. The molecular weight excluding hydrogens is 352 g/mol. The molecule has 0 radical (unpaired) electrons. The maximum atomic E-state index is 11.7. The Kier molecular flexibility index (Phi) is 14.8. The van der Waals surface area contributed by atoms with E-state index in [2.05, 4.69) is 11.8 Å². The van der Waals surface area contributed by atoms with Crippen LogP contribution in [0, 0.1) is 6.57 Å². The third kappa shape index (κ3) is 15.9. The molecule has 0 atom stereocenters. The molecule has 26 heavy (non-hydrogen) atoms. The van der Waals surface area contributed by atoms with Gasteiger partial charge in [0.1, 0.15) is 0 Å². The van der Waals surface area contributed by atoms with Gasteiger partial charge in [0.15, 0.2) is 0 Å². The average Bonchev–Trinajstić information content (AvgIpc) is 2.58. The highest BCUT2D eigenvalue weighted by atomic mass is 32.2. The molecule has 0 saturated heterocycles. The van der Waals surface area contributed by atoms with Crippen LogP contribution in [-0.4, -0.2) is 27.2 Å². The zero-order valence-corrected chi connectivity index (χ0v) is 17.1. The van der Waals surface area contributed by atoms with E-state index in [9.17, 15) is 13.2 Å². The van der Waals surface area contributed by atoms with Crippen molar-refractivity contribution in [3.05, 3.63) is 23.3 Å². The fraction of sp³-hybridized carbons (Fsp3) is 0.789. The Balaban J connectivity index is 3.60. The fourth-order valence-electron chi connectivity index (χ4n) is 2.48. The molecule has 0 unspecified atom stereocenters. The molecule has 0 spiro atoms. The highest BCUT2D eigenvalue weighted by Crippen LogP contribution is 2.12. The zero-order chi connectivity index (χ0) is 19.7. The Morgan fingerprint density at radius 1 is 0.962 bits per heavy atom. The third-order valence-corrected chi connectivity index (χ3v) is 4.52. The van der Waals surface area contributed by atoms with E-state index in [-0.39, 0.29) is 12.3 Å². The van der Waals surface area contributed by atoms with Gasteiger partial charge in [0, 0.05) is 6.20 Å². The van der Waals surface area contributed by atoms with E-state index in [1.54, 1.807) is 0 Å². The maximum absolute atomic E-state index is 11.7. The van der Waals surface area contributed by atoms with E-state index in [4.69, 9.17) is 11.3 Å². The molecule has 0 aliphatic carbocycles. The smallest absolute Gasteiger partial charge is 0.337 e. The molecule has 7 heteroatoms. The number of ether oxygens (including phenoxy) is 1. The summed E-state index contributed by atoms with van der Waals surface area (Å²) in [4.78, 5) is 14.6. The quantitative estimate of drug-likeness (QED) is 0.183. The van der Waals surface area contributed by atoms with Crippen LogP contribution in [-0.2, 0) is 19.6 Å². The Hall–Kier alpha value is -1.55. The summed E-state index contributed by atoms with van der Waals surface area (Å²) in [6, 6.07) is 0. The molecule has 0 amide bonds. The van der Waals surface area contributed by atoms with Gasteiger partial charge in [-0.05, 0) is 6.42 Å². The lowest BCUT2D eigenvalue weighted by atomic mass is 10.1. The minimum Gasteiger partial charge on any atom is -0.471 e.